The predicted octanol–water partition coefficient (Wildman–Crippen LogP) is 1.42. The second-order valence-electron chi connectivity index (χ2n) is 3.72. The summed E-state index contributed by atoms with van der Waals surface area (Å²) >= 11 is 3.39. The molecule has 0 radical (unpaired) electrons. The van der Waals surface area contributed by atoms with E-state index in [2.05, 4.69) is 25.8 Å². The van der Waals surface area contributed by atoms with E-state index in [1.807, 2.05) is 6.07 Å². The van der Waals surface area contributed by atoms with Crippen LogP contribution in [0.15, 0.2) is 22.9 Å². The van der Waals surface area contributed by atoms with Gasteiger partial charge in [0.2, 0.25) is 0 Å². The number of hydrogen-bond donors (Lipinski definition) is 0. The van der Waals surface area contributed by atoms with Crippen LogP contribution in [-0.4, -0.2) is 42.4 Å². The molecule has 0 saturated carbocycles. The van der Waals surface area contributed by atoms with Gasteiger partial charge in [0.1, 0.15) is 6.29 Å². The van der Waals surface area contributed by atoms with E-state index in [4.69, 9.17) is 4.74 Å². The second kappa shape index (κ2) is 5.52. The third kappa shape index (κ3) is 2.87. The molecule has 16 heavy (non-hydrogen) atoms. The maximum Gasteiger partial charge on any atom is 0.133 e. The largest absolute Gasteiger partial charge is 0.371 e. The summed E-state index contributed by atoms with van der Waals surface area (Å²) in [6.07, 6.45) is 4.50. The van der Waals surface area contributed by atoms with Crippen LogP contribution in [0.2, 0.25) is 0 Å². The smallest absolute Gasteiger partial charge is 0.133 e. The van der Waals surface area contributed by atoms with Gasteiger partial charge in [-0.1, -0.05) is 0 Å². The van der Waals surface area contributed by atoms with E-state index >= 15 is 0 Å². The van der Waals surface area contributed by atoms with Crippen molar-refractivity contribution in [1.29, 1.82) is 0 Å². The Morgan fingerprint density at radius 2 is 2.50 bits per heavy atom. The normalized spacial score (nSPS) is 21.9. The molecule has 0 unspecified atom stereocenters. The predicted molar refractivity (Wildman–Crippen MR) is 63.1 cm³/mol. The standard InChI is InChI=1S/C11H13BrN2O2/c12-10-5-9(6-13-7-10)11-8-14(1-3-15)2-4-16-11/h3,5-7,11H,1-2,4,8H2/t11-/m1/s1. The van der Waals surface area contributed by atoms with Crippen LogP contribution in [0.1, 0.15) is 11.7 Å². The molecule has 2 rings (SSSR count). The Bertz CT molecular complexity index is 373. The Labute approximate surface area is 103 Å². The van der Waals surface area contributed by atoms with Crippen LogP contribution in [-0.2, 0) is 9.53 Å². The van der Waals surface area contributed by atoms with Crippen LogP contribution in [0.3, 0.4) is 0 Å². The first-order chi connectivity index (χ1) is 7.79. The number of rotatable bonds is 3. The van der Waals surface area contributed by atoms with E-state index in [1.54, 1.807) is 12.4 Å². The van der Waals surface area contributed by atoms with Crippen LogP contribution in [0, 0.1) is 0 Å². The summed E-state index contributed by atoms with van der Waals surface area (Å²) in [7, 11) is 0. The average molecular weight is 285 g/mol. The van der Waals surface area contributed by atoms with E-state index in [0.717, 1.165) is 29.4 Å². The number of ether oxygens (including phenoxy) is 1. The summed E-state index contributed by atoms with van der Waals surface area (Å²) in [6, 6.07) is 2.00. The third-order valence-electron chi connectivity index (χ3n) is 2.58. The number of carbonyl (C=O) groups is 1. The highest BCUT2D eigenvalue weighted by molar-refractivity contribution is 9.10. The number of halogens is 1. The highest BCUT2D eigenvalue weighted by Gasteiger charge is 2.21. The molecule has 0 N–H and O–H groups in total. The minimum atomic E-state index is 0.0127. The zero-order valence-corrected chi connectivity index (χ0v) is 10.4. The summed E-state index contributed by atoms with van der Waals surface area (Å²) in [5.74, 6) is 0. The van der Waals surface area contributed by atoms with Crippen LogP contribution in [0.25, 0.3) is 0 Å². The van der Waals surface area contributed by atoms with Crippen LogP contribution in [0.4, 0.5) is 0 Å². The van der Waals surface area contributed by atoms with Crippen molar-refractivity contribution < 1.29 is 9.53 Å². The molecule has 5 heteroatoms. The topological polar surface area (TPSA) is 42.4 Å². The molecule has 86 valence electrons. The number of aldehydes is 1. The van der Waals surface area contributed by atoms with Crippen molar-refractivity contribution in [3.8, 4) is 0 Å². The fourth-order valence-corrected chi connectivity index (χ4v) is 2.16. The Kier molecular flexibility index (Phi) is 4.04. The molecule has 1 aromatic rings. The maximum atomic E-state index is 10.5. The van der Waals surface area contributed by atoms with Crippen LogP contribution >= 0.6 is 15.9 Å². The number of carbonyl (C=O) groups excluding carboxylic acids is 1. The lowest BCUT2D eigenvalue weighted by Gasteiger charge is -2.31. The second-order valence-corrected chi connectivity index (χ2v) is 4.64. The Balaban J connectivity index is 2.06. The first kappa shape index (κ1) is 11.7. The lowest BCUT2D eigenvalue weighted by molar-refractivity contribution is -0.111. The van der Waals surface area contributed by atoms with Gasteiger partial charge in [-0.05, 0) is 22.0 Å². The minimum absolute atomic E-state index is 0.0127. The molecular formula is C11H13BrN2O2. The Hall–Kier alpha value is -0.780. The minimum Gasteiger partial charge on any atom is -0.371 e. The van der Waals surface area contributed by atoms with Gasteiger partial charge in [-0.3, -0.25) is 9.88 Å². The van der Waals surface area contributed by atoms with Gasteiger partial charge in [0.05, 0.1) is 19.3 Å². The molecule has 0 aromatic carbocycles. The molecule has 0 spiro atoms. The molecule has 0 aliphatic carbocycles. The SMILES string of the molecule is O=CCN1CCO[C@@H](c2cncc(Br)c2)C1. The van der Waals surface area contributed by atoms with Gasteiger partial charge in [-0.25, -0.2) is 0 Å². The van der Waals surface area contributed by atoms with Gasteiger partial charge in [0.25, 0.3) is 0 Å². The first-order valence-corrected chi connectivity index (χ1v) is 5.97. The Morgan fingerprint density at radius 1 is 1.62 bits per heavy atom. The number of aromatic nitrogens is 1. The number of pyridine rings is 1. The lowest BCUT2D eigenvalue weighted by Crippen LogP contribution is -2.39. The van der Waals surface area contributed by atoms with E-state index in [-0.39, 0.29) is 6.10 Å². The molecule has 1 aromatic heterocycles. The molecule has 2 heterocycles. The van der Waals surface area contributed by atoms with Crippen LogP contribution in [0.5, 0.6) is 0 Å². The summed E-state index contributed by atoms with van der Waals surface area (Å²) in [5.41, 5.74) is 1.05. The first-order valence-electron chi connectivity index (χ1n) is 5.17. The van der Waals surface area contributed by atoms with Gasteiger partial charge in [-0.15, -0.1) is 0 Å². The van der Waals surface area contributed by atoms with Gasteiger partial charge in [-0.2, -0.15) is 0 Å². The quantitative estimate of drug-likeness (QED) is 0.788. The number of morpholine rings is 1. The summed E-state index contributed by atoms with van der Waals surface area (Å²) < 4.78 is 6.62. The molecule has 0 bridgehead atoms. The van der Waals surface area contributed by atoms with Crippen LogP contribution < -0.4 is 0 Å². The fourth-order valence-electron chi connectivity index (χ4n) is 1.78. The average Bonchev–Trinajstić information content (AvgIpc) is 2.30. The van der Waals surface area contributed by atoms with Crippen molar-refractivity contribution >= 4 is 22.2 Å². The van der Waals surface area contributed by atoms with E-state index in [9.17, 15) is 4.79 Å². The Morgan fingerprint density at radius 3 is 3.25 bits per heavy atom. The van der Waals surface area contributed by atoms with E-state index in [0.29, 0.717) is 13.2 Å². The molecule has 1 saturated heterocycles. The number of nitrogens with zero attached hydrogens (tertiary/aromatic N) is 2. The molecular weight excluding hydrogens is 272 g/mol. The zero-order chi connectivity index (χ0) is 11.4. The highest BCUT2D eigenvalue weighted by Crippen LogP contribution is 2.23. The van der Waals surface area contributed by atoms with Gasteiger partial charge >= 0.3 is 0 Å². The molecule has 0 amide bonds. The summed E-state index contributed by atoms with van der Waals surface area (Å²) in [5, 5.41) is 0. The van der Waals surface area contributed by atoms with Gasteiger partial charge in [0.15, 0.2) is 0 Å². The molecule has 1 atom stereocenters. The third-order valence-corrected chi connectivity index (χ3v) is 3.01. The molecule has 1 aliphatic heterocycles. The van der Waals surface area contributed by atoms with Crippen molar-refractivity contribution in [2.75, 3.05) is 26.2 Å². The lowest BCUT2D eigenvalue weighted by atomic mass is 10.1. The summed E-state index contributed by atoms with van der Waals surface area (Å²) in [6.45, 7) is 2.69. The molecule has 1 fully saturated rings. The van der Waals surface area contributed by atoms with Crippen molar-refractivity contribution in [3.63, 3.8) is 0 Å². The fraction of sp³-hybridized carbons (Fsp3) is 0.455. The van der Waals surface area contributed by atoms with Gasteiger partial charge < -0.3 is 9.53 Å². The van der Waals surface area contributed by atoms with E-state index in [1.165, 1.54) is 0 Å². The van der Waals surface area contributed by atoms with Crippen molar-refractivity contribution in [2.24, 2.45) is 0 Å². The highest BCUT2D eigenvalue weighted by atomic mass is 79.9. The monoisotopic (exact) mass is 284 g/mol. The van der Waals surface area contributed by atoms with E-state index < -0.39 is 0 Å². The number of hydrogen-bond acceptors (Lipinski definition) is 4. The van der Waals surface area contributed by atoms with Crippen molar-refractivity contribution in [1.82, 2.24) is 9.88 Å². The zero-order valence-electron chi connectivity index (χ0n) is 8.80. The van der Waals surface area contributed by atoms with Gasteiger partial charge in [0, 0.05) is 35.5 Å². The summed E-state index contributed by atoms with van der Waals surface area (Å²) in [4.78, 5) is 16.7. The van der Waals surface area contributed by atoms with Crippen molar-refractivity contribution in [3.05, 3.63) is 28.5 Å². The molecule has 4 nitrogen and oxygen atoms in total. The van der Waals surface area contributed by atoms with Crippen molar-refractivity contribution in [2.45, 2.75) is 6.10 Å². The molecule has 1 aliphatic rings. The maximum absolute atomic E-state index is 10.5.